The van der Waals surface area contributed by atoms with Gasteiger partial charge in [-0.1, -0.05) is 71.1 Å². The van der Waals surface area contributed by atoms with Gasteiger partial charge >= 0.3 is 0 Å². The van der Waals surface area contributed by atoms with Crippen molar-refractivity contribution >= 4 is 12.6 Å². The molecule has 0 amide bonds. The predicted molar refractivity (Wildman–Crippen MR) is 67.5 cm³/mol. The van der Waals surface area contributed by atoms with Gasteiger partial charge in [0.25, 0.3) is 0 Å². The summed E-state index contributed by atoms with van der Waals surface area (Å²) in [5.41, 5.74) is 0. The molecular formula is C14H26O2. The van der Waals surface area contributed by atoms with Gasteiger partial charge in [-0.15, -0.1) is 0 Å². The molecule has 0 aromatic carbocycles. The maximum absolute atomic E-state index is 8.81. The molecule has 0 spiro atoms. The Morgan fingerprint density at radius 3 is 1.94 bits per heavy atom. The summed E-state index contributed by atoms with van der Waals surface area (Å²) in [7, 11) is 0. The fourth-order valence-corrected chi connectivity index (χ4v) is 1.99. The molecule has 0 saturated heterocycles. The smallest absolute Gasteiger partial charge is 0.182 e. The van der Waals surface area contributed by atoms with Crippen LogP contribution in [0.15, 0.2) is 0 Å². The quantitative estimate of drug-likeness (QED) is 0.357. The summed E-state index contributed by atoms with van der Waals surface area (Å²) in [6.07, 6.45) is 15.3. The third kappa shape index (κ3) is 9.88. The molecule has 0 heterocycles. The maximum Gasteiger partial charge on any atom is 0.182 e. The van der Waals surface area contributed by atoms with Crippen molar-refractivity contribution in [3.63, 3.8) is 0 Å². The monoisotopic (exact) mass is 226 g/mol. The number of carbonyl (C=O) groups is 2. The maximum atomic E-state index is 8.81. The molecule has 0 atom stereocenters. The lowest BCUT2D eigenvalue weighted by atomic mass is 9.81. The van der Waals surface area contributed by atoms with Crippen molar-refractivity contribution in [3.05, 3.63) is 0 Å². The molecule has 0 aliphatic heterocycles. The van der Waals surface area contributed by atoms with E-state index >= 15 is 0 Å². The van der Waals surface area contributed by atoms with E-state index in [4.69, 9.17) is 9.59 Å². The van der Waals surface area contributed by atoms with Gasteiger partial charge in [-0.05, 0) is 5.92 Å². The molecule has 2 nitrogen and oxygen atoms in total. The van der Waals surface area contributed by atoms with Crippen LogP contribution in [0, 0.1) is 5.92 Å². The van der Waals surface area contributed by atoms with Crippen LogP contribution in [0.4, 0.5) is 0 Å². The van der Waals surface area contributed by atoms with Crippen LogP contribution in [-0.2, 0) is 9.59 Å². The Hall–Kier alpha value is -0.660. The van der Waals surface area contributed by atoms with E-state index in [-0.39, 0.29) is 12.6 Å². The van der Waals surface area contributed by atoms with E-state index in [2.05, 4.69) is 6.92 Å². The number of rotatable bonds is 8. The van der Waals surface area contributed by atoms with E-state index in [1.165, 1.54) is 64.2 Å². The fourth-order valence-electron chi connectivity index (χ4n) is 1.99. The summed E-state index contributed by atoms with van der Waals surface area (Å²) in [5.74, 6) is 1.14. The number of aldehydes is 2. The zero-order valence-electron chi connectivity index (χ0n) is 10.6. The Morgan fingerprint density at radius 2 is 1.50 bits per heavy atom. The van der Waals surface area contributed by atoms with Crippen LogP contribution in [0.25, 0.3) is 0 Å². The molecule has 1 aliphatic carbocycles. The zero-order valence-corrected chi connectivity index (χ0v) is 10.6. The second-order valence-corrected chi connectivity index (χ2v) is 4.63. The summed E-state index contributed by atoms with van der Waals surface area (Å²) >= 11 is 0. The lowest BCUT2D eigenvalue weighted by molar-refractivity contribution is -0.122. The number of hydrogen-bond donors (Lipinski definition) is 0. The highest BCUT2D eigenvalue weighted by Crippen LogP contribution is 2.31. The van der Waals surface area contributed by atoms with E-state index in [0.29, 0.717) is 0 Å². The first-order chi connectivity index (χ1) is 7.85. The van der Waals surface area contributed by atoms with Crippen molar-refractivity contribution < 1.29 is 9.59 Å². The average molecular weight is 226 g/mol. The van der Waals surface area contributed by atoms with E-state index < -0.39 is 0 Å². The van der Waals surface area contributed by atoms with Crippen molar-refractivity contribution in [1.82, 2.24) is 0 Å². The third-order valence-electron chi connectivity index (χ3n) is 3.25. The van der Waals surface area contributed by atoms with Crippen LogP contribution < -0.4 is 0 Å². The highest BCUT2D eigenvalue weighted by Gasteiger charge is 2.15. The Bertz CT molecular complexity index is 156. The largest absolute Gasteiger partial charge is 0.295 e. The van der Waals surface area contributed by atoms with Crippen LogP contribution in [0.1, 0.15) is 71.1 Å². The molecule has 0 aromatic heterocycles. The molecule has 2 heteroatoms. The van der Waals surface area contributed by atoms with Crippen molar-refractivity contribution in [2.75, 3.05) is 0 Å². The Morgan fingerprint density at radius 1 is 0.938 bits per heavy atom. The minimum atomic E-state index is 0.194. The molecule has 0 N–H and O–H groups in total. The second-order valence-electron chi connectivity index (χ2n) is 4.63. The van der Waals surface area contributed by atoms with E-state index in [1.807, 2.05) is 0 Å². The van der Waals surface area contributed by atoms with E-state index in [0.717, 1.165) is 5.92 Å². The average Bonchev–Trinajstić information content (AvgIpc) is 2.26. The number of carbonyl (C=O) groups excluding carboxylic acids is 2. The van der Waals surface area contributed by atoms with Gasteiger partial charge in [0.1, 0.15) is 0 Å². The fraction of sp³-hybridized carbons (Fsp3) is 0.857. The third-order valence-corrected chi connectivity index (χ3v) is 3.25. The first kappa shape index (κ1) is 15.3. The molecular weight excluding hydrogens is 200 g/mol. The van der Waals surface area contributed by atoms with E-state index in [9.17, 15) is 0 Å². The van der Waals surface area contributed by atoms with Crippen molar-refractivity contribution in [1.29, 1.82) is 0 Å². The standard InChI is InChI=1S/C12H24.C2H2O2/c1-2-3-4-5-6-7-9-12-10-8-11-12;3-1-2-4/h12H,2-11H2,1H3;1-2H. The van der Waals surface area contributed by atoms with E-state index in [1.54, 1.807) is 0 Å². The molecule has 1 saturated carbocycles. The lowest BCUT2D eigenvalue weighted by Crippen LogP contribution is -2.10. The van der Waals surface area contributed by atoms with Crippen LogP contribution in [0.5, 0.6) is 0 Å². The van der Waals surface area contributed by atoms with Gasteiger partial charge in [0, 0.05) is 0 Å². The normalized spacial score (nSPS) is 14.6. The summed E-state index contributed by atoms with van der Waals surface area (Å²) in [5, 5.41) is 0. The first-order valence-electron chi connectivity index (χ1n) is 6.74. The number of hydrogen-bond acceptors (Lipinski definition) is 2. The van der Waals surface area contributed by atoms with Gasteiger partial charge in [-0.25, -0.2) is 0 Å². The van der Waals surface area contributed by atoms with Crippen molar-refractivity contribution in [2.24, 2.45) is 5.92 Å². The Kier molecular flexibility index (Phi) is 11.9. The molecule has 0 unspecified atom stereocenters. The SMILES string of the molecule is CCCCCCCCC1CCC1.O=CC=O. The molecule has 0 bridgehead atoms. The van der Waals surface area contributed by atoms with Crippen LogP contribution in [-0.4, -0.2) is 12.6 Å². The van der Waals surface area contributed by atoms with Gasteiger partial charge in [0.15, 0.2) is 12.6 Å². The lowest BCUT2D eigenvalue weighted by Gasteiger charge is -2.24. The van der Waals surface area contributed by atoms with Crippen molar-refractivity contribution in [2.45, 2.75) is 71.1 Å². The highest BCUT2D eigenvalue weighted by molar-refractivity contribution is 6.09. The Balaban J connectivity index is 0.000000487. The molecule has 1 fully saturated rings. The molecule has 94 valence electrons. The van der Waals surface area contributed by atoms with Crippen LogP contribution in [0.2, 0.25) is 0 Å². The summed E-state index contributed by atoms with van der Waals surface area (Å²) in [6.45, 7) is 2.29. The predicted octanol–water partition coefficient (Wildman–Crippen LogP) is 3.92. The van der Waals surface area contributed by atoms with Gasteiger partial charge < -0.3 is 0 Å². The molecule has 1 rings (SSSR count). The molecule has 0 radical (unpaired) electrons. The summed E-state index contributed by atoms with van der Waals surface area (Å²) in [6, 6.07) is 0. The molecule has 16 heavy (non-hydrogen) atoms. The number of unbranched alkanes of at least 4 members (excludes halogenated alkanes) is 5. The first-order valence-corrected chi connectivity index (χ1v) is 6.74. The van der Waals surface area contributed by atoms with Gasteiger partial charge in [0.2, 0.25) is 0 Å². The van der Waals surface area contributed by atoms with Gasteiger partial charge in [-0.3, -0.25) is 9.59 Å². The topological polar surface area (TPSA) is 34.1 Å². The minimum Gasteiger partial charge on any atom is -0.295 e. The second kappa shape index (κ2) is 12.4. The Labute approximate surface area is 99.8 Å². The minimum absolute atomic E-state index is 0.194. The van der Waals surface area contributed by atoms with Gasteiger partial charge in [0.05, 0.1) is 0 Å². The van der Waals surface area contributed by atoms with Crippen molar-refractivity contribution in [3.8, 4) is 0 Å². The summed E-state index contributed by atoms with van der Waals surface area (Å²) < 4.78 is 0. The van der Waals surface area contributed by atoms with Crippen LogP contribution >= 0.6 is 0 Å². The highest BCUT2D eigenvalue weighted by atomic mass is 16.2. The van der Waals surface area contributed by atoms with Crippen LogP contribution in [0.3, 0.4) is 0 Å². The molecule has 0 aromatic rings. The zero-order chi connectivity index (χ0) is 12.1. The molecule has 1 aliphatic rings. The summed E-state index contributed by atoms with van der Waals surface area (Å²) in [4.78, 5) is 17.6. The van der Waals surface area contributed by atoms with Gasteiger partial charge in [-0.2, -0.15) is 0 Å².